The van der Waals surface area contributed by atoms with Crippen LogP contribution in [0.1, 0.15) is 6.42 Å². The van der Waals surface area contributed by atoms with Gasteiger partial charge in [-0.3, -0.25) is 9.78 Å². The lowest BCUT2D eigenvalue weighted by Crippen LogP contribution is -2.56. The largest absolute Gasteiger partial charge is 0.497 e. The monoisotopic (exact) mass is 540 g/mol. The van der Waals surface area contributed by atoms with Crippen molar-refractivity contribution in [1.29, 1.82) is 0 Å². The smallest absolute Gasteiger partial charge is 0.333 e. The molecule has 0 aliphatic carbocycles. The van der Waals surface area contributed by atoms with E-state index in [4.69, 9.17) is 21.1 Å². The van der Waals surface area contributed by atoms with Gasteiger partial charge in [-0.15, -0.1) is 0 Å². The standard InChI is InChI=1S/C30H25ClN4O4/c1-38-21-5-7-25(31)23(12-21)18-3-6-22-26(10-18)33-29(37)35(28(22)36)27-14-32-13-19-2-4-20(11-24(19)27)34-15-30(16-34)8-9-39-17-30/h2-7,10-14H,8-9,15-17H2,1H3,(H,33,37). The summed E-state index contributed by atoms with van der Waals surface area (Å²) in [4.78, 5) is 36.6. The topological polar surface area (TPSA) is 89.4 Å². The molecule has 5 aromatic rings. The molecule has 0 radical (unpaired) electrons. The number of pyridine rings is 1. The number of hydrogen-bond acceptors (Lipinski definition) is 6. The van der Waals surface area contributed by atoms with Gasteiger partial charge in [-0.05, 0) is 54.4 Å². The second kappa shape index (κ2) is 8.97. The highest BCUT2D eigenvalue weighted by atomic mass is 35.5. The van der Waals surface area contributed by atoms with E-state index < -0.39 is 11.2 Å². The minimum Gasteiger partial charge on any atom is -0.497 e. The van der Waals surface area contributed by atoms with Crippen molar-refractivity contribution < 1.29 is 9.47 Å². The molecule has 2 fully saturated rings. The Morgan fingerprint density at radius 2 is 1.90 bits per heavy atom. The SMILES string of the molecule is COc1ccc(Cl)c(-c2ccc3c(=O)n(-c4cncc5ccc(N6CC7(CCOC7)C6)cc45)c(=O)[nH]c3c2)c1. The fourth-order valence-electron chi connectivity index (χ4n) is 5.81. The van der Waals surface area contributed by atoms with Gasteiger partial charge in [-0.25, -0.2) is 9.36 Å². The number of aromatic amines is 1. The number of nitrogens with one attached hydrogen (secondary N) is 1. The molecule has 1 N–H and O–H groups in total. The summed E-state index contributed by atoms with van der Waals surface area (Å²) in [5.74, 6) is 0.659. The first-order valence-electron chi connectivity index (χ1n) is 12.8. The number of halogens is 1. The Morgan fingerprint density at radius 3 is 2.69 bits per heavy atom. The van der Waals surface area contributed by atoms with Crippen LogP contribution >= 0.6 is 11.6 Å². The molecule has 0 bridgehead atoms. The molecule has 0 saturated carbocycles. The Balaban J connectivity index is 1.32. The number of anilines is 1. The first kappa shape index (κ1) is 23.9. The van der Waals surface area contributed by atoms with Crippen LogP contribution < -0.4 is 20.9 Å². The molecule has 3 aromatic carbocycles. The van der Waals surface area contributed by atoms with Crippen LogP contribution in [0, 0.1) is 5.41 Å². The predicted molar refractivity (Wildman–Crippen MR) is 153 cm³/mol. The number of methoxy groups -OCH3 is 1. The molecule has 196 valence electrons. The third-order valence-corrected chi connectivity index (χ3v) is 8.28. The number of benzene rings is 3. The molecule has 7 rings (SSSR count). The van der Waals surface area contributed by atoms with Crippen LogP contribution in [0.2, 0.25) is 5.02 Å². The van der Waals surface area contributed by atoms with Crippen molar-refractivity contribution in [2.75, 3.05) is 38.3 Å². The van der Waals surface area contributed by atoms with Crippen molar-refractivity contribution in [2.45, 2.75) is 6.42 Å². The molecule has 2 saturated heterocycles. The van der Waals surface area contributed by atoms with Crippen LogP contribution in [0.5, 0.6) is 5.75 Å². The summed E-state index contributed by atoms with van der Waals surface area (Å²) < 4.78 is 12.1. The van der Waals surface area contributed by atoms with Crippen molar-refractivity contribution >= 4 is 39.0 Å². The van der Waals surface area contributed by atoms with Gasteiger partial charge in [0.25, 0.3) is 5.56 Å². The lowest BCUT2D eigenvalue weighted by molar-refractivity contribution is 0.131. The number of fused-ring (bicyclic) bond motifs is 2. The summed E-state index contributed by atoms with van der Waals surface area (Å²) in [6, 6.07) is 16.7. The van der Waals surface area contributed by atoms with Crippen LogP contribution in [-0.4, -0.2) is 47.9 Å². The van der Waals surface area contributed by atoms with Crippen LogP contribution in [0.15, 0.2) is 76.6 Å². The average Bonchev–Trinajstić information content (AvgIpc) is 3.43. The van der Waals surface area contributed by atoms with Gasteiger partial charge in [-0.2, -0.15) is 0 Å². The average molecular weight is 541 g/mol. The van der Waals surface area contributed by atoms with Crippen LogP contribution in [-0.2, 0) is 4.74 Å². The van der Waals surface area contributed by atoms with Crippen LogP contribution in [0.25, 0.3) is 38.5 Å². The second-order valence-electron chi connectivity index (χ2n) is 10.4. The zero-order valence-corrected chi connectivity index (χ0v) is 22.0. The molecule has 4 heterocycles. The molecule has 39 heavy (non-hydrogen) atoms. The van der Waals surface area contributed by atoms with E-state index >= 15 is 0 Å². The minimum atomic E-state index is -0.535. The van der Waals surface area contributed by atoms with E-state index in [1.54, 1.807) is 43.8 Å². The first-order chi connectivity index (χ1) is 18.9. The normalized spacial score (nSPS) is 16.2. The summed E-state index contributed by atoms with van der Waals surface area (Å²) >= 11 is 6.44. The molecule has 0 atom stereocenters. The number of ether oxygens (including phenoxy) is 2. The Bertz CT molecular complexity index is 1880. The maximum atomic E-state index is 13.7. The number of nitrogens with zero attached hydrogens (tertiary/aromatic N) is 3. The lowest BCUT2D eigenvalue weighted by Gasteiger charge is -2.48. The highest BCUT2D eigenvalue weighted by molar-refractivity contribution is 6.33. The molecule has 2 aliphatic heterocycles. The summed E-state index contributed by atoms with van der Waals surface area (Å²) in [6.07, 6.45) is 4.40. The van der Waals surface area contributed by atoms with E-state index in [1.807, 2.05) is 24.3 Å². The minimum absolute atomic E-state index is 0.246. The molecule has 1 spiro atoms. The summed E-state index contributed by atoms with van der Waals surface area (Å²) in [5.41, 5.74) is 2.72. The van der Waals surface area contributed by atoms with Crippen LogP contribution in [0.3, 0.4) is 0 Å². The van der Waals surface area contributed by atoms with Crippen molar-refractivity contribution in [3.05, 3.63) is 92.9 Å². The molecule has 9 heteroatoms. The van der Waals surface area contributed by atoms with E-state index in [0.29, 0.717) is 27.4 Å². The third kappa shape index (κ3) is 3.90. The second-order valence-corrected chi connectivity index (χ2v) is 10.8. The van der Waals surface area contributed by atoms with Gasteiger partial charge < -0.3 is 19.4 Å². The van der Waals surface area contributed by atoms with E-state index in [-0.39, 0.29) is 5.41 Å². The highest BCUT2D eigenvalue weighted by Gasteiger charge is 2.45. The highest BCUT2D eigenvalue weighted by Crippen LogP contribution is 2.41. The Kier molecular flexibility index (Phi) is 5.50. The third-order valence-electron chi connectivity index (χ3n) is 7.95. The molecule has 2 aromatic heterocycles. The van der Waals surface area contributed by atoms with Gasteiger partial charge in [0.05, 0.1) is 36.5 Å². The number of hydrogen-bond donors (Lipinski definition) is 1. The summed E-state index contributed by atoms with van der Waals surface area (Å²) in [7, 11) is 1.59. The fraction of sp³-hybridized carbons (Fsp3) is 0.233. The van der Waals surface area contributed by atoms with Gasteiger partial charge in [-0.1, -0.05) is 23.7 Å². The lowest BCUT2D eigenvalue weighted by atomic mass is 9.79. The van der Waals surface area contributed by atoms with Crippen LogP contribution in [0.4, 0.5) is 5.69 Å². The van der Waals surface area contributed by atoms with Crippen molar-refractivity contribution in [3.8, 4) is 22.6 Å². The van der Waals surface area contributed by atoms with E-state index in [0.717, 1.165) is 60.3 Å². The molecule has 8 nitrogen and oxygen atoms in total. The molecular weight excluding hydrogens is 516 g/mol. The van der Waals surface area contributed by atoms with Crippen molar-refractivity contribution in [3.63, 3.8) is 0 Å². The maximum Gasteiger partial charge on any atom is 0.333 e. The number of rotatable bonds is 4. The Labute approximate surface area is 228 Å². The van der Waals surface area contributed by atoms with Gasteiger partial charge in [0.1, 0.15) is 5.75 Å². The van der Waals surface area contributed by atoms with E-state index in [2.05, 4.69) is 20.9 Å². The summed E-state index contributed by atoms with van der Waals surface area (Å²) in [5, 5.41) is 2.57. The maximum absolute atomic E-state index is 13.7. The zero-order valence-electron chi connectivity index (χ0n) is 21.2. The number of aromatic nitrogens is 3. The first-order valence-corrected chi connectivity index (χ1v) is 13.2. The number of H-pyrrole nitrogens is 1. The predicted octanol–water partition coefficient (Wildman–Crippen LogP) is 4.78. The van der Waals surface area contributed by atoms with Gasteiger partial charge in [0.15, 0.2) is 0 Å². The quantitative estimate of drug-likeness (QED) is 0.353. The van der Waals surface area contributed by atoms with Gasteiger partial charge >= 0.3 is 5.69 Å². The Hall–Kier alpha value is -4.14. The molecule has 0 unspecified atom stereocenters. The van der Waals surface area contributed by atoms with E-state index in [1.165, 1.54) is 4.57 Å². The zero-order chi connectivity index (χ0) is 26.7. The van der Waals surface area contributed by atoms with Gasteiger partial charge in [0.2, 0.25) is 0 Å². The molecule has 2 aliphatic rings. The van der Waals surface area contributed by atoms with Gasteiger partial charge in [0, 0.05) is 58.4 Å². The van der Waals surface area contributed by atoms with Crippen molar-refractivity contribution in [2.24, 2.45) is 5.41 Å². The molecular formula is C30H25ClN4O4. The van der Waals surface area contributed by atoms with E-state index in [9.17, 15) is 9.59 Å². The summed E-state index contributed by atoms with van der Waals surface area (Å²) in [6.45, 7) is 3.51. The molecule has 0 amide bonds. The van der Waals surface area contributed by atoms with Crippen molar-refractivity contribution in [1.82, 2.24) is 14.5 Å². The fourth-order valence-corrected chi connectivity index (χ4v) is 6.04. The Morgan fingerprint density at radius 1 is 1.03 bits per heavy atom.